The molecular weight excluding hydrogens is 465 g/mol. The number of fused-ring (bicyclic) bond motifs is 2. The van der Waals surface area contributed by atoms with Crippen molar-refractivity contribution in [2.75, 3.05) is 26.2 Å². The summed E-state index contributed by atoms with van der Waals surface area (Å²) >= 11 is 3.71. The number of benzene rings is 1. The maximum atomic E-state index is 4.62. The number of hydrogen-bond donors (Lipinski definition) is 1. The molecule has 2 aromatic rings. The highest BCUT2D eigenvalue weighted by Crippen LogP contribution is 2.30. The first-order valence-corrected chi connectivity index (χ1v) is 12.3. The zero-order valence-corrected chi connectivity index (χ0v) is 22.2. The highest BCUT2D eigenvalue weighted by atomic mass is 79.9. The number of nitrogens with zero attached hydrogens (tertiary/aromatic N) is 2. The fraction of sp³-hybridized carbons (Fsp3) is 0.423. The molecule has 1 aliphatic carbocycles. The summed E-state index contributed by atoms with van der Waals surface area (Å²) in [5.74, 6) is 0. The van der Waals surface area contributed by atoms with Crippen LogP contribution in [0, 0.1) is 26.7 Å². The van der Waals surface area contributed by atoms with E-state index in [2.05, 4.69) is 91.8 Å². The van der Waals surface area contributed by atoms with Gasteiger partial charge >= 0.3 is 0 Å². The lowest BCUT2D eigenvalue weighted by molar-refractivity contribution is 0.318. The number of nitrogens with one attached hydrogen (secondary N) is 1. The van der Waals surface area contributed by atoms with Gasteiger partial charge in [-0.15, -0.1) is 12.8 Å². The lowest BCUT2D eigenvalue weighted by Crippen LogP contribution is -2.41. The minimum atomic E-state index is 0.950. The van der Waals surface area contributed by atoms with Crippen molar-refractivity contribution in [3.05, 3.63) is 74.4 Å². The Balaban J connectivity index is 0.000000313. The van der Waals surface area contributed by atoms with Crippen molar-refractivity contribution < 1.29 is 0 Å². The van der Waals surface area contributed by atoms with Crippen LogP contribution in [0.5, 0.6) is 0 Å². The van der Waals surface area contributed by atoms with Crippen molar-refractivity contribution in [1.29, 1.82) is 0 Å². The van der Waals surface area contributed by atoms with Gasteiger partial charge in [-0.1, -0.05) is 57.7 Å². The van der Waals surface area contributed by atoms with E-state index in [1.807, 2.05) is 20.0 Å². The van der Waals surface area contributed by atoms with Crippen LogP contribution in [-0.4, -0.2) is 36.1 Å². The Kier molecular flexibility index (Phi) is 12.7. The standard InChI is InChI=1S/C16H16BrN.C6H13N2P.C2H6.C2H2/c1-10-5-12-3-4-13-6-11(2)9-18-16(13)8-14(12)15(17)7-10;1-6(9)8-4-2-7-3-5-8;2*1-2/h5-7,9H,3-4,8H2,1-2H3;7H,1-5,9H2;1-2H3;1-2H. The molecule has 1 aromatic carbocycles. The Labute approximate surface area is 200 Å². The van der Waals surface area contributed by atoms with Crippen LogP contribution in [0.15, 0.2) is 40.9 Å². The molecule has 1 aliphatic heterocycles. The lowest BCUT2D eigenvalue weighted by Gasteiger charge is -2.28. The van der Waals surface area contributed by atoms with Crippen LogP contribution in [0.25, 0.3) is 0 Å². The zero-order valence-electron chi connectivity index (χ0n) is 19.5. The van der Waals surface area contributed by atoms with Gasteiger partial charge in [-0.05, 0) is 60.6 Å². The molecule has 1 saturated heterocycles. The molecule has 1 unspecified atom stereocenters. The summed E-state index contributed by atoms with van der Waals surface area (Å²) in [5.41, 5.74) is 9.23. The monoisotopic (exact) mass is 501 g/mol. The summed E-state index contributed by atoms with van der Waals surface area (Å²) in [4.78, 5) is 6.89. The van der Waals surface area contributed by atoms with Crippen LogP contribution in [0.4, 0.5) is 0 Å². The van der Waals surface area contributed by atoms with E-state index in [0.29, 0.717) is 0 Å². The van der Waals surface area contributed by atoms with Gasteiger partial charge < -0.3 is 10.2 Å². The largest absolute Gasteiger partial charge is 0.370 e. The van der Waals surface area contributed by atoms with Crippen LogP contribution in [0.3, 0.4) is 0 Å². The number of terminal acetylenes is 1. The number of pyridine rings is 1. The maximum Gasteiger partial charge on any atom is 0.0480 e. The van der Waals surface area contributed by atoms with Gasteiger partial charge in [0, 0.05) is 54.4 Å². The molecule has 1 fully saturated rings. The maximum absolute atomic E-state index is 4.62. The molecule has 5 heteroatoms. The predicted molar refractivity (Wildman–Crippen MR) is 143 cm³/mol. The van der Waals surface area contributed by atoms with Gasteiger partial charge in [0.1, 0.15) is 0 Å². The Bertz CT molecular complexity index is 870. The van der Waals surface area contributed by atoms with Gasteiger partial charge in [0.2, 0.25) is 0 Å². The second kappa shape index (κ2) is 14.4. The lowest BCUT2D eigenvalue weighted by atomic mass is 10.0. The average Bonchev–Trinajstić information content (AvgIpc) is 2.97. The molecule has 1 aromatic heterocycles. The normalized spacial score (nSPS) is 14.0. The molecule has 0 saturated carbocycles. The van der Waals surface area contributed by atoms with E-state index in [1.54, 1.807) is 0 Å². The third-order valence-corrected chi connectivity index (χ3v) is 6.23. The van der Waals surface area contributed by atoms with Gasteiger partial charge in [0.05, 0.1) is 0 Å². The number of rotatable bonds is 1. The molecular formula is C26H37BrN3P. The number of halogens is 1. The average molecular weight is 502 g/mol. The van der Waals surface area contributed by atoms with E-state index in [-0.39, 0.29) is 0 Å². The first kappa shape index (κ1) is 27.4. The molecule has 0 spiro atoms. The summed E-state index contributed by atoms with van der Waals surface area (Å²) in [5, 5.41) is 3.28. The van der Waals surface area contributed by atoms with Gasteiger partial charge in [-0.25, -0.2) is 0 Å². The SMILES string of the molecule is C#C.C=C(P)N1CCNCC1.CC.Cc1cnc2c(c1)CCc1cc(C)cc(Br)c1C2. The number of hydrogen-bond acceptors (Lipinski definition) is 3. The molecule has 0 bridgehead atoms. The van der Waals surface area contributed by atoms with E-state index >= 15 is 0 Å². The van der Waals surface area contributed by atoms with E-state index < -0.39 is 0 Å². The Morgan fingerprint density at radius 1 is 1.06 bits per heavy atom. The first-order valence-electron chi connectivity index (χ1n) is 10.9. The predicted octanol–water partition coefficient (Wildman–Crippen LogP) is 5.66. The van der Waals surface area contributed by atoms with E-state index in [0.717, 1.165) is 50.9 Å². The molecule has 168 valence electrons. The summed E-state index contributed by atoms with van der Waals surface area (Å²) < 4.78 is 1.23. The van der Waals surface area contributed by atoms with Crippen LogP contribution in [0.1, 0.15) is 47.4 Å². The Hall–Kier alpha value is -1.66. The van der Waals surface area contributed by atoms with Crippen molar-refractivity contribution >= 4 is 25.2 Å². The summed E-state index contributed by atoms with van der Waals surface area (Å²) in [7, 11) is 2.63. The number of aryl methyl sites for hydroxylation is 4. The highest BCUT2D eigenvalue weighted by Gasteiger charge is 2.17. The molecule has 31 heavy (non-hydrogen) atoms. The van der Waals surface area contributed by atoms with Gasteiger partial charge in [0.25, 0.3) is 0 Å². The van der Waals surface area contributed by atoms with Crippen molar-refractivity contribution in [3.8, 4) is 12.8 Å². The molecule has 2 aliphatic rings. The smallest absolute Gasteiger partial charge is 0.0480 e. The molecule has 2 heterocycles. The molecule has 3 nitrogen and oxygen atoms in total. The molecule has 1 N–H and O–H groups in total. The van der Waals surface area contributed by atoms with Gasteiger partial charge in [0.15, 0.2) is 0 Å². The van der Waals surface area contributed by atoms with Crippen LogP contribution < -0.4 is 5.32 Å². The summed E-state index contributed by atoms with van der Waals surface area (Å²) in [6.07, 6.45) is 13.2. The quantitative estimate of drug-likeness (QED) is 0.403. The number of piperazine rings is 1. The van der Waals surface area contributed by atoms with Gasteiger partial charge in [-0.3, -0.25) is 4.98 Å². The van der Waals surface area contributed by atoms with E-state index in [9.17, 15) is 0 Å². The van der Waals surface area contributed by atoms with Crippen LogP contribution in [-0.2, 0) is 19.3 Å². The topological polar surface area (TPSA) is 28.2 Å². The van der Waals surface area contributed by atoms with Crippen molar-refractivity contribution in [1.82, 2.24) is 15.2 Å². The summed E-state index contributed by atoms with van der Waals surface area (Å²) in [6, 6.07) is 6.81. The fourth-order valence-corrected chi connectivity index (χ4v) is 4.70. The minimum Gasteiger partial charge on any atom is -0.370 e. The highest BCUT2D eigenvalue weighted by molar-refractivity contribution is 9.10. The molecule has 1 atom stereocenters. The van der Waals surface area contributed by atoms with E-state index in [4.69, 9.17) is 0 Å². The Morgan fingerprint density at radius 2 is 1.65 bits per heavy atom. The Morgan fingerprint density at radius 3 is 2.23 bits per heavy atom. The van der Waals surface area contributed by atoms with Crippen molar-refractivity contribution in [2.45, 2.75) is 47.0 Å². The second-order valence-electron chi connectivity index (χ2n) is 7.41. The third-order valence-electron chi connectivity index (χ3n) is 5.16. The van der Waals surface area contributed by atoms with E-state index in [1.165, 1.54) is 38.0 Å². The van der Waals surface area contributed by atoms with Crippen molar-refractivity contribution in [2.24, 2.45) is 0 Å². The zero-order chi connectivity index (χ0) is 23.4. The van der Waals surface area contributed by atoms with Crippen LogP contribution >= 0.6 is 25.2 Å². The van der Waals surface area contributed by atoms with Gasteiger partial charge in [-0.2, -0.15) is 0 Å². The third kappa shape index (κ3) is 8.41. The molecule has 0 amide bonds. The first-order chi connectivity index (χ1) is 14.9. The molecule has 0 radical (unpaired) electrons. The fourth-order valence-electron chi connectivity index (χ4n) is 3.69. The molecule has 4 rings (SSSR count). The van der Waals surface area contributed by atoms with Crippen molar-refractivity contribution in [3.63, 3.8) is 0 Å². The minimum absolute atomic E-state index is 0.950. The summed E-state index contributed by atoms with van der Waals surface area (Å²) in [6.45, 7) is 16.5. The second-order valence-corrected chi connectivity index (χ2v) is 8.93. The number of aromatic nitrogens is 1. The van der Waals surface area contributed by atoms with Crippen LogP contribution in [0.2, 0.25) is 0 Å².